The summed E-state index contributed by atoms with van der Waals surface area (Å²) in [6, 6.07) is 0. The summed E-state index contributed by atoms with van der Waals surface area (Å²) in [4.78, 5) is 10.9. The van der Waals surface area contributed by atoms with Gasteiger partial charge in [0, 0.05) is 0 Å². The Labute approximate surface area is 92.5 Å². The maximum absolute atomic E-state index is 10.9. The molecule has 4 heteroatoms. The third kappa shape index (κ3) is 5.45. The SMILES string of the molecule is CCCC[C@](N)(CC(C)C)C(=O)O.Cl. The average molecular weight is 224 g/mol. The maximum atomic E-state index is 10.9. The first-order valence-corrected chi connectivity index (χ1v) is 4.94. The van der Waals surface area contributed by atoms with Crippen LogP contribution in [0.4, 0.5) is 0 Å². The Kier molecular flexibility index (Phi) is 8.16. The van der Waals surface area contributed by atoms with Crippen molar-refractivity contribution < 1.29 is 9.90 Å². The Bertz CT molecular complexity index is 174. The topological polar surface area (TPSA) is 63.3 Å². The van der Waals surface area contributed by atoms with E-state index in [0.29, 0.717) is 18.8 Å². The molecule has 0 spiro atoms. The zero-order valence-corrected chi connectivity index (χ0v) is 10.1. The summed E-state index contributed by atoms with van der Waals surface area (Å²) < 4.78 is 0. The van der Waals surface area contributed by atoms with Gasteiger partial charge in [0.25, 0.3) is 0 Å². The quantitative estimate of drug-likeness (QED) is 0.727. The van der Waals surface area contributed by atoms with E-state index in [1.807, 2.05) is 20.8 Å². The third-order valence-electron chi connectivity index (χ3n) is 2.17. The Hall–Kier alpha value is -0.280. The zero-order valence-electron chi connectivity index (χ0n) is 9.25. The highest BCUT2D eigenvalue weighted by molar-refractivity contribution is 5.85. The summed E-state index contributed by atoms with van der Waals surface area (Å²) in [6.07, 6.45) is 3.01. The summed E-state index contributed by atoms with van der Waals surface area (Å²) in [7, 11) is 0. The van der Waals surface area contributed by atoms with Gasteiger partial charge in [-0.3, -0.25) is 4.79 Å². The third-order valence-corrected chi connectivity index (χ3v) is 2.17. The molecule has 0 rings (SSSR count). The van der Waals surface area contributed by atoms with Gasteiger partial charge in [-0.1, -0.05) is 33.6 Å². The standard InChI is InChI=1S/C10H21NO2.ClH/c1-4-5-6-10(11,9(12)13)7-8(2)3;/h8H,4-7,11H2,1-3H3,(H,12,13);1H/t10-;/m0./s1. The van der Waals surface area contributed by atoms with Crippen LogP contribution >= 0.6 is 12.4 Å². The number of carbonyl (C=O) groups is 1. The molecular formula is C10H22ClNO2. The van der Waals surface area contributed by atoms with Gasteiger partial charge in [0.05, 0.1) is 0 Å². The van der Waals surface area contributed by atoms with Crippen LogP contribution in [0.15, 0.2) is 0 Å². The molecule has 0 unspecified atom stereocenters. The van der Waals surface area contributed by atoms with Gasteiger partial charge in [0.2, 0.25) is 0 Å². The fourth-order valence-corrected chi connectivity index (χ4v) is 1.52. The van der Waals surface area contributed by atoms with E-state index in [0.717, 1.165) is 12.8 Å². The van der Waals surface area contributed by atoms with Gasteiger partial charge in [-0.15, -0.1) is 12.4 Å². The molecule has 14 heavy (non-hydrogen) atoms. The number of aliphatic carboxylic acids is 1. The van der Waals surface area contributed by atoms with Crippen molar-refractivity contribution in [3.63, 3.8) is 0 Å². The fourth-order valence-electron chi connectivity index (χ4n) is 1.52. The molecule has 3 nitrogen and oxygen atoms in total. The summed E-state index contributed by atoms with van der Waals surface area (Å²) in [5, 5.41) is 8.98. The van der Waals surface area contributed by atoms with Gasteiger partial charge < -0.3 is 10.8 Å². The lowest BCUT2D eigenvalue weighted by atomic mass is 9.85. The monoisotopic (exact) mass is 223 g/mol. The first-order valence-electron chi connectivity index (χ1n) is 4.94. The van der Waals surface area contributed by atoms with E-state index in [9.17, 15) is 4.79 Å². The van der Waals surface area contributed by atoms with E-state index >= 15 is 0 Å². The van der Waals surface area contributed by atoms with Crippen LogP contribution in [0.1, 0.15) is 46.5 Å². The van der Waals surface area contributed by atoms with Crippen LogP contribution in [0.25, 0.3) is 0 Å². The van der Waals surface area contributed by atoms with Crippen molar-refractivity contribution in [3.8, 4) is 0 Å². The number of halogens is 1. The fraction of sp³-hybridized carbons (Fsp3) is 0.900. The second-order valence-corrected chi connectivity index (χ2v) is 4.16. The van der Waals surface area contributed by atoms with Crippen LogP contribution in [0, 0.1) is 5.92 Å². The van der Waals surface area contributed by atoms with Crippen molar-refractivity contribution in [1.29, 1.82) is 0 Å². The first kappa shape index (κ1) is 16.2. The maximum Gasteiger partial charge on any atom is 0.323 e. The Balaban J connectivity index is 0. The van der Waals surface area contributed by atoms with Gasteiger partial charge in [-0.2, -0.15) is 0 Å². The molecular weight excluding hydrogens is 202 g/mol. The predicted molar refractivity (Wildman–Crippen MR) is 60.8 cm³/mol. The average Bonchev–Trinajstić information content (AvgIpc) is 1.99. The van der Waals surface area contributed by atoms with Gasteiger partial charge in [0.1, 0.15) is 5.54 Å². The second-order valence-electron chi connectivity index (χ2n) is 4.16. The zero-order chi connectivity index (χ0) is 10.5. The van der Waals surface area contributed by atoms with Crippen molar-refractivity contribution in [2.45, 2.75) is 52.0 Å². The van der Waals surface area contributed by atoms with E-state index in [4.69, 9.17) is 10.8 Å². The molecule has 0 saturated carbocycles. The highest BCUT2D eigenvalue weighted by Crippen LogP contribution is 2.20. The molecule has 0 aliphatic heterocycles. The van der Waals surface area contributed by atoms with Crippen LogP contribution in [-0.4, -0.2) is 16.6 Å². The second kappa shape index (κ2) is 7.07. The Morgan fingerprint density at radius 2 is 2.00 bits per heavy atom. The number of nitrogens with two attached hydrogens (primary N) is 1. The Morgan fingerprint density at radius 1 is 1.50 bits per heavy atom. The van der Waals surface area contributed by atoms with Crippen molar-refractivity contribution in [3.05, 3.63) is 0 Å². The minimum atomic E-state index is -1.01. The van der Waals surface area contributed by atoms with Crippen molar-refractivity contribution >= 4 is 18.4 Å². The molecule has 0 heterocycles. The van der Waals surface area contributed by atoms with Gasteiger partial charge >= 0.3 is 5.97 Å². The smallest absolute Gasteiger partial charge is 0.323 e. The number of carboxylic acids is 1. The molecule has 0 aliphatic carbocycles. The highest BCUT2D eigenvalue weighted by Gasteiger charge is 2.33. The van der Waals surface area contributed by atoms with E-state index < -0.39 is 11.5 Å². The summed E-state index contributed by atoms with van der Waals surface area (Å²) in [6.45, 7) is 6.03. The molecule has 0 saturated heterocycles. The molecule has 3 N–H and O–H groups in total. The van der Waals surface area contributed by atoms with E-state index in [1.54, 1.807) is 0 Å². The van der Waals surface area contributed by atoms with Crippen LogP contribution in [0.3, 0.4) is 0 Å². The first-order chi connectivity index (χ1) is 5.92. The number of carboxylic acid groups (broad SMARTS) is 1. The van der Waals surface area contributed by atoms with Crippen molar-refractivity contribution in [2.75, 3.05) is 0 Å². The number of hydrogen-bond donors (Lipinski definition) is 2. The molecule has 0 radical (unpaired) electrons. The van der Waals surface area contributed by atoms with Crippen molar-refractivity contribution in [1.82, 2.24) is 0 Å². The molecule has 0 amide bonds. The minimum Gasteiger partial charge on any atom is -0.480 e. The molecule has 1 atom stereocenters. The van der Waals surface area contributed by atoms with E-state index in [-0.39, 0.29) is 12.4 Å². The summed E-state index contributed by atoms with van der Waals surface area (Å²) >= 11 is 0. The van der Waals surface area contributed by atoms with Crippen LogP contribution in [0.5, 0.6) is 0 Å². The molecule has 86 valence electrons. The predicted octanol–water partition coefficient (Wildman–Crippen LogP) is 2.43. The number of rotatable bonds is 6. The van der Waals surface area contributed by atoms with Gasteiger partial charge in [-0.05, 0) is 18.8 Å². The van der Waals surface area contributed by atoms with Crippen LogP contribution in [-0.2, 0) is 4.79 Å². The molecule has 0 aromatic carbocycles. The van der Waals surface area contributed by atoms with E-state index in [2.05, 4.69) is 0 Å². The van der Waals surface area contributed by atoms with Crippen LogP contribution < -0.4 is 5.73 Å². The lowest BCUT2D eigenvalue weighted by Gasteiger charge is -2.26. The van der Waals surface area contributed by atoms with Crippen LogP contribution in [0.2, 0.25) is 0 Å². The Morgan fingerprint density at radius 3 is 2.29 bits per heavy atom. The summed E-state index contributed by atoms with van der Waals surface area (Å²) in [5.41, 5.74) is 4.82. The number of unbranched alkanes of at least 4 members (excludes halogenated alkanes) is 1. The molecule has 0 aromatic heterocycles. The largest absolute Gasteiger partial charge is 0.480 e. The molecule has 0 aromatic rings. The minimum absolute atomic E-state index is 0. The van der Waals surface area contributed by atoms with Gasteiger partial charge in [-0.25, -0.2) is 0 Å². The van der Waals surface area contributed by atoms with E-state index in [1.165, 1.54) is 0 Å². The van der Waals surface area contributed by atoms with Crippen molar-refractivity contribution in [2.24, 2.45) is 11.7 Å². The summed E-state index contributed by atoms with van der Waals surface area (Å²) in [5.74, 6) is -0.535. The van der Waals surface area contributed by atoms with Gasteiger partial charge in [0.15, 0.2) is 0 Å². The lowest BCUT2D eigenvalue weighted by Crippen LogP contribution is -2.48. The molecule has 0 bridgehead atoms. The molecule has 0 fully saturated rings. The highest BCUT2D eigenvalue weighted by atomic mass is 35.5. The normalized spacial score (nSPS) is 14.6. The molecule has 0 aliphatic rings. The number of hydrogen-bond acceptors (Lipinski definition) is 2. The lowest BCUT2D eigenvalue weighted by molar-refractivity contribution is -0.144.